The van der Waals surface area contributed by atoms with Crippen molar-refractivity contribution in [1.82, 2.24) is 16.0 Å². The van der Waals surface area contributed by atoms with Gasteiger partial charge in [-0.3, -0.25) is 4.79 Å². The van der Waals surface area contributed by atoms with Crippen LogP contribution in [-0.4, -0.2) is 48.8 Å². The van der Waals surface area contributed by atoms with E-state index < -0.39 is 0 Å². The van der Waals surface area contributed by atoms with Crippen LogP contribution >= 0.6 is 0 Å². The Hall–Kier alpha value is -0.650. The molecule has 2 aliphatic heterocycles. The number of rotatable bonds is 3. The van der Waals surface area contributed by atoms with E-state index >= 15 is 0 Å². The van der Waals surface area contributed by atoms with Gasteiger partial charge in [0.05, 0.1) is 12.1 Å². The topological polar surface area (TPSA) is 73.4 Å². The zero-order valence-corrected chi connectivity index (χ0v) is 11.4. The van der Waals surface area contributed by atoms with Crippen LogP contribution in [0.5, 0.6) is 0 Å². The lowest BCUT2D eigenvalue weighted by molar-refractivity contribution is -0.123. The average molecular weight is 267 g/mol. The SMILES string of the molecule is O=C(NCC1CNCC1O)C1CC2CCCCC2N1. The highest BCUT2D eigenvalue weighted by molar-refractivity contribution is 5.82. The maximum absolute atomic E-state index is 12.2. The molecule has 5 atom stereocenters. The van der Waals surface area contributed by atoms with Gasteiger partial charge in [0, 0.05) is 31.6 Å². The number of nitrogens with one attached hydrogen (secondary N) is 3. The van der Waals surface area contributed by atoms with Gasteiger partial charge >= 0.3 is 0 Å². The van der Waals surface area contributed by atoms with Crippen molar-refractivity contribution in [3.63, 3.8) is 0 Å². The minimum absolute atomic E-state index is 0.0143. The van der Waals surface area contributed by atoms with Crippen molar-refractivity contribution in [2.45, 2.75) is 50.3 Å². The number of hydrogen-bond acceptors (Lipinski definition) is 4. The van der Waals surface area contributed by atoms with Crippen molar-refractivity contribution in [2.24, 2.45) is 11.8 Å². The van der Waals surface area contributed by atoms with E-state index in [1.807, 2.05) is 0 Å². The van der Waals surface area contributed by atoms with Crippen LogP contribution in [0, 0.1) is 11.8 Å². The molecule has 5 heteroatoms. The van der Waals surface area contributed by atoms with E-state index in [9.17, 15) is 9.90 Å². The van der Waals surface area contributed by atoms with Gasteiger partial charge < -0.3 is 21.1 Å². The predicted octanol–water partition coefficient (Wildman–Crippen LogP) is -0.396. The average Bonchev–Trinajstić information content (AvgIpc) is 3.01. The Morgan fingerprint density at radius 3 is 2.84 bits per heavy atom. The van der Waals surface area contributed by atoms with Crippen LogP contribution in [0.3, 0.4) is 0 Å². The van der Waals surface area contributed by atoms with Crippen LogP contribution in [0.2, 0.25) is 0 Å². The Balaban J connectivity index is 1.45. The highest BCUT2D eigenvalue weighted by atomic mass is 16.3. The summed E-state index contributed by atoms with van der Waals surface area (Å²) in [5.74, 6) is 0.976. The highest BCUT2D eigenvalue weighted by Gasteiger charge is 2.38. The van der Waals surface area contributed by atoms with Crippen molar-refractivity contribution in [3.05, 3.63) is 0 Å². The molecule has 4 N–H and O–H groups in total. The first kappa shape index (κ1) is 13.3. The number of carbonyl (C=O) groups excluding carboxylic acids is 1. The fraction of sp³-hybridized carbons (Fsp3) is 0.929. The smallest absolute Gasteiger partial charge is 0.237 e. The quantitative estimate of drug-likeness (QED) is 0.562. The second-order valence-corrected chi connectivity index (χ2v) is 6.34. The molecule has 5 unspecified atom stereocenters. The number of aliphatic hydroxyl groups is 1. The Morgan fingerprint density at radius 2 is 2.11 bits per heavy atom. The van der Waals surface area contributed by atoms with E-state index in [4.69, 9.17) is 0 Å². The summed E-state index contributed by atoms with van der Waals surface area (Å²) in [6.45, 7) is 2.03. The number of amides is 1. The molecule has 0 aromatic heterocycles. The van der Waals surface area contributed by atoms with Gasteiger partial charge in [-0.05, 0) is 25.2 Å². The fourth-order valence-electron chi connectivity index (χ4n) is 3.80. The summed E-state index contributed by atoms with van der Waals surface area (Å²) in [5, 5.41) is 19.3. The molecule has 5 nitrogen and oxygen atoms in total. The molecule has 3 rings (SSSR count). The summed E-state index contributed by atoms with van der Waals surface area (Å²) in [6, 6.07) is 0.544. The number of aliphatic hydroxyl groups excluding tert-OH is 1. The third kappa shape index (κ3) is 2.93. The third-order valence-electron chi connectivity index (χ3n) is 5.02. The summed E-state index contributed by atoms with van der Waals surface area (Å²) < 4.78 is 0. The number of hydrogen-bond donors (Lipinski definition) is 4. The molecule has 0 aromatic rings. The van der Waals surface area contributed by atoms with Crippen LogP contribution in [0.15, 0.2) is 0 Å². The second kappa shape index (κ2) is 5.77. The molecule has 108 valence electrons. The molecule has 0 aromatic carbocycles. The summed E-state index contributed by atoms with van der Waals surface area (Å²) in [6.07, 6.45) is 5.77. The summed E-state index contributed by atoms with van der Waals surface area (Å²) in [5.41, 5.74) is 0. The molecule has 0 bridgehead atoms. The van der Waals surface area contributed by atoms with Gasteiger partial charge in [0.25, 0.3) is 0 Å². The first-order valence-corrected chi connectivity index (χ1v) is 7.66. The molecular formula is C14H25N3O2. The van der Waals surface area contributed by atoms with Crippen LogP contribution in [0.4, 0.5) is 0 Å². The van der Waals surface area contributed by atoms with E-state index in [0.717, 1.165) is 13.0 Å². The lowest BCUT2D eigenvalue weighted by Crippen LogP contribution is -2.45. The van der Waals surface area contributed by atoms with E-state index in [1.165, 1.54) is 25.7 Å². The molecule has 1 saturated carbocycles. The largest absolute Gasteiger partial charge is 0.391 e. The molecule has 0 spiro atoms. The number of carbonyl (C=O) groups is 1. The Labute approximate surface area is 114 Å². The van der Waals surface area contributed by atoms with Crippen LogP contribution in [0.1, 0.15) is 32.1 Å². The van der Waals surface area contributed by atoms with E-state index in [2.05, 4.69) is 16.0 Å². The van der Waals surface area contributed by atoms with E-state index in [1.54, 1.807) is 0 Å². The summed E-state index contributed by atoms with van der Waals surface area (Å²) >= 11 is 0. The van der Waals surface area contributed by atoms with Crippen molar-refractivity contribution in [3.8, 4) is 0 Å². The maximum atomic E-state index is 12.2. The minimum atomic E-state index is -0.320. The van der Waals surface area contributed by atoms with Gasteiger partial charge in [0.2, 0.25) is 5.91 Å². The second-order valence-electron chi connectivity index (χ2n) is 6.34. The van der Waals surface area contributed by atoms with Gasteiger partial charge in [-0.2, -0.15) is 0 Å². The molecule has 2 heterocycles. The zero-order chi connectivity index (χ0) is 13.2. The molecule has 1 amide bonds. The molecular weight excluding hydrogens is 242 g/mol. The maximum Gasteiger partial charge on any atom is 0.237 e. The predicted molar refractivity (Wildman–Crippen MR) is 72.7 cm³/mol. The first-order chi connectivity index (χ1) is 9.24. The normalized spacial score (nSPS) is 42.1. The van der Waals surface area contributed by atoms with Gasteiger partial charge in [-0.15, -0.1) is 0 Å². The Bertz CT molecular complexity index is 323. The standard InChI is InChI=1S/C14H25N3O2/c18-13-8-15-6-10(13)7-16-14(19)12-5-9-3-1-2-4-11(9)17-12/h9-13,15,17-18H,1-8H2,(H,16,19). The molecule has 0 radical (unpaired) electrons. The van der Waals surface area contributed by atoms with Gasteiger partial charge in [0.15, 0.2) is 0 Å². The molecule has 2 saturated heterocycles. The lowest BCUT2D eigenvalue weighted by atomic mass is 9.85. The highest BCUT2D eigenvalue weighted by Crippen LogP contribution is 2.33. The molecule has 19 heavy (non-hydrogen) atoms. The van der Waals surface area contributed by atoms with Crippen LogP contribution in [-0.2, 0) is 4.79 Å². The zero-order valence-electron chi connectivity index (χ0n) is 11.4. The Morgan fingerprint density at radius 1 is 1.26 bits per heavy atom. The van der Waals surface area contributed by atoms with Crippen molar-refractivity contribution < 1.29 is 9.90 Å². The van der Waals surface area contributed by atoms with E-state index in [-0.39, 0.29) is 24.0 Å². The van der Waals surface area contributed by atoms with Crippen LogP contribution < -0.4 is 16.0 Å². The van der Waals surface area contributed by atoms with Gasteiger partial charge in [0.1, 0.15) is 0 Å². The number of β-amino-alcohol motifs (C(OH)–C–C–N with tert-alkyl or cyclic N) is 1. The third-order valence-corrected chi connectivity index (χ3v) is 5.02. The molecule has 3 aliphatic rings. The fourth-order valence-corrected chi connectivity index (χ4v) is 3.80. The lowest BCUT2D eigenvalue weighted by Gasteiger charge is -2.24. The summed E-state index contributed by atoms with van der Waals surface area (Å²) in [7, 11) is 0. The van der Waals surface area contributed by atoms with Crippen LogP contribution in [0.25, 0.3) is 0 Å². The summed E-state index contributed by atoms with van der Waals surface area (Å²) in [4.78, 5) is 12.2. The first-order valence-electron chi connectivity index (χ1n) is 7.66. The van der Waals surface area contributed by atoms with Gasteiger partial charge in [-0.1, -0.05) is 12.8 Å². The van der Waals surface area contributed by atoms with Crippen molar-refractivity contribution in [1.29, 1.82) is 0 Å². The van der Waals surface area contributed by atoms with Crippen molar-refractivity contribution in [2.75, 3.05) is 19.6 Å². The van der Waals surface area contributed by atoms with Gasteiger partial charge in [-0.25, -0.2) is 0 Å². The minimum Gasteiger partial charge on any atom is -0.391 e. The Kier molecular flexibility index (Phi) is 4.05. The monoisotopic (exact) mass is 267 g/mol. The number of fused-ring (bicyclic) bond motifs is 1. The molecule has 3 fully saturated rings. The molecule has 1 aliphatic carbocycles. The van der Waals surface area contributed by atoms with E-state index in [0.29, 0.717) is 25.0 Å². The van der Waals surface area contributed by atoms with Crippen molar-refractivity contribution >= 4 is 5.91 Å².